The normalized spacial score (nSPS) is 11.3. The molecule has 0 bridgehead atoms. The van der Waals surface area contributed by atoms with Gasteiger partial charge in [-0.05, 0) is 67.8 Å². The summed E-state index contributed by atoms with van der Waals surface area (Å²) in [6.07, 6.45) is 0.994. The number of aromatic nitrogens is 1. The van der Waals surface area contributed by atoms with Crippen LogP contribution in [-0.2, 0) is 6.54 Å². The highest BCUT2D eigenvalue weighted by Crippen LogP contribution is 2.19. The Kier molecular flexibility index (Phi) is 9.59. The highest BCUT2D eigenvalue weighted by Gasteiger charge is 2.14. The molecule has 1 aromatic carbocycles. The molecule has 2 rings (SSSR count). The van der Waals surface area contributed by atoms with Crippen molar-refractivity contribution in [1.82, 2.24) is 20.1 Å². The summed E-state index contributed by atoms with van der Waals surface area (Å²) in [6, 6.07) is 7.67. The number of aromatic amines is 1. The Balaban J connectivity index is 2.19. The number of H-pyrrole nitrogens is 1. The van der Waals surface area contributed by atoms with Crippen molar-refractivity contribution in [3.63, 3.8) is 0 Å². The molecule has 0 saturated carbocycles. The van der Waals surface area contributed by atoms with Crippen molar-refractivity contribution in [2.45, 2.75) is 40.7 Å². The Morgan fingerprint density at radius 1 is 1.20 bits per heavy atom. The topological polar surface area (TPSA) is 60.6 Å². The van der Waals surface area contributed by atoms with Gasteiger partial charge in [0.25, 0.3) is 5.56 Å². The minimum Gasteiger partial charge on any atom is -0.497 e. The fraction of sp³-hybridized carbons (Fsp3) is 0.565. The molecule has 1 aromatic heterocycles. The molecule has 0 spiro atoms. The van der Waals surface area contributed by atoms with E-state index in [1.165, 1.54) is 0 Å². The minimum absolute atomic E-state index is 0.0869. The second-order valence-electron chi connectivity index (χ2n) is 7.96. The molecule has 0 atom stereocenters. The zero-order valence-electron chi connectivity index (χ0n) is 19.0. The lowest BCUT2D eigenvalue weighted by atomic mass is 10.1. The number of pyridine rings is 1. The zero-order chi connectivity index (χ0) is 22.1. The van der Waals surface area contributed by atoms with E-state index in [1.54, 1.807) is 7.11 Å². The molecule has 0 saturated heterocycles. The van der Waals surface area contributed by atoms with Gasteiger partial charge in [0.05, 0.1) is 19.2 Å². The van der Waals surface area contributed by atoms with Crippen LogP contribution in [0.5, 0.6) is 5.75 Å². The van der Waals surface area contributed by atoms with Gasteiger partial charge < -0.3 is 24.8 Å². The Morgan fingerprint density at radius 2 is 1.93 bits per heavy atom. The summed E-state index contributed by atoms with van der Waals surface area (Å²) in [6.45, 7) is 13.9. The van der Waals surface area contributed by atoms with Gasteiger partial charge in [-0.25, -0.2) is 0 Å². The molecule has 0 aliphatic rings. The van der Waals surface area contributed by atoms with Gasteiger partial charge in [0.15, 0.2) is 5.11 Å². The average Bonchev–Trinajstić information content (AvgIpc) is 2.74. The third-order valence-electron chi connectivity index (χ3n) is 5.24. The SMILES string of the molecule is CCN(CC)CCCN(Cc1cc2ccc(OC)cc2[nH]c1=O)C(=S)NCC(C)C. The van der Waals surface area contributed by atoms with Crippen molar-refractivity contribution in [3.05, 3.63) is 40.2 Å². The third-order valence-corrected chi connectivity index (χ3v) is 5.64. The van der Waals surface area contributed by atoms with Crippen LogP contribution in [0.4, 0.5) is 0 Å². The zero-order valence-corrected chi connectivity index (χ0v) is 19.8. The lowest BCUT2D eigenvalue weighted by Crippen LogP contribution is -2.42. The molecular weight excluding hydrogens is 396 g/mol. The van der Waals surface area contributed by atoms with Crippen LogP contribution in [-0.4, -0.2) is 59.7 Å². The summed E-state index contributed by atoms with van der Waals surface area (Å²) in [7, 11) is 1.62. The first-order valence-electron chi connectivity index (χ1n) is 10.8. The number of methoxy groups -OCH3 is 1. The first-order chi connectivity index (χ1) is 14.4. The van der Waals surface area contributed by atoms with Gasteiger partial charge in [-0.2, -0.15) is 0 Å². The van der Waals surface area contributed by atoms with E-state index >= 15 is 0 Å². The Bertz CT molecular complexity index is 877. The van der Waals surface area contributed by atoms with Crippen LogP contribution in [0, 0.1) is 5.92 Å². The fourth-order valence-electron chi connectivity index (χ4n) is 3.36. The molecule has 2 N–H and O–H groups in total. The van der Waals surface area contributed by atoms with Crippen LogP contribution in [0.15, 0.2) is 29.1 Å². The number of ether oxygens (including phenoxy) is 1. The summed E-state index contributed by atoms with van der Waals surface area (Å²) in [4.78, 5) is 20.2. The molecule has 0 aliphatic carbocycles. The van der Waals surface area contributed by atoms with Crippen molar-refractivity contribution in [2.75, 3.05) is 39.8 Å². The molecule has 0 aliphatic heterocycles. The van der Waals surface area contributed by atoms with E-state index < -0.39 is 0 Å². The predicted octanol–water partition coefficient (Wildman–Crippen LogP) is 3.60. The molecule has 166 valence electrons. The van der Waals surface area contributed by atoms with Crippen LogP contribution in [0.1, 0.15) is 39.7 Å². The maximum absolute atomic E-state index is 12.7. The van der Waals surface area contributed by atoms with Gasteiger partial charge in [0, 0.05) is 24.7 Å². The molecule has 0 radical (unpaired) electrons. The number of nitrogens with one attached hydrogen (secondary N) is 2. The third kappa shape index (κ3) is 6.99. The first kappa shape index (κ1) is 24.2. The highest BCUT2D eigenvalue weighted by atomic mass is 32.1. The molecule has 0 amide bonds. The van der Waals surface area contributed by atoms with Crippen molar-refractivity contribution in [1.29, 1.82) is 0 Å². The second-order valence-corrected chi connectivity index (χ2v) is 8.35. The Hall–Kier alpha value is -2.12. The van der Waals surface area contributed by atoms with Crippen LogP contribution in [0.25, 0.3) is 10.9 Å². The monoisotopic (exact) mass is 432 g/mol. The smallest absolute Gasteiger partial charge is 0.253 e. The number of hydrogen-bond acceptors (Lipinski definition) is 4. The van der Waals surface area contributed by atoms with E-state index in [0.29, 0.717) is 23.1 Å². The van der Waals surface area contributed by atoms with Gasteiger partial charge in [-0.3, -0.25) is 4.79 Å². The first-order valence-corrected chi connectivity index (χ1v) is 11.2. The molecule has 0 unspecified atom stereocenters. The van der Waals surface area contributed by atoms with Gasteiger partial charge in [0.1, 0.15) is 5.75 Å². The lowest BCUT2D eigenvalue weighted by Gasteiger charge is -2.28. The average molecular weight is 433 g/mol. The predicted molar refractivity (Wildman–Crippen MR) is 129 cm³/mol. The standard InChI is InChI=1S/C23H36N4O2S/c1-6-26(7-2)11-8-12-27(23(30)24-15-17(3)4)16-19-13-18-9-10-20(29-5)14-21(18)25-22(19)28/h9-10,13-14,17H,6-8,11-12,15-16H2,1-5H3,(H,24,30)(H,25,28). The van der Waals surface area contributed by atoms with Gasteiger partial charge in [-0.1, -0.05) is 27.7 Å². The van der Waals surface area contributed by atoms with Crippen molar-refractivity contribution in [3.8, 4) is 5.75 Å². The minimum atomic E-state index is -0.0869. The largest absolute Gasteiger partial charge is 0.497 e. The molecule has 0 fully saturated rings. The van der Waals surface area contributed by atoms with E-state index in [4.69, 9.17) is 17.0 Å². The maximum atomic E-state index is 12.7. The van der Waals surface area contributed by atoms with Crippen molar-refractivity contribution < 1.29 is 4.74 Å². The molecule has 7 heteroatoms. The summed E-state index contributed by atoms with van der Waals surface area (Å²) in [5.74, 6) is 1.22. The summed E-state index contributed by atoms with van der Waals surface area (Å²) >= 11 is 5.67. The quantitative estimate of drug-likeness (QED) is 0.529. The van der Waals surface area contributed by atoms with E-state index in [1.807, 2.05) is 24.3 Å². The number of fused-ring (bicyclic) bond motifs is 1. The van der Waals surface area contributed by atoms with Crippen LogP contribution >= 0.6 is 12.2 Å². The van der Waals surface area contributed by atoms with Gasteiger partial charge in [0.2, 0.25) is 0 Å². The van der Waals surface area contributed by atoms with Crippen molar-refractivity contribution >= 4 is 28.2 Å². The van der Waals surface area contributed by atoms with Crippen LogP contribution in [0.2, 0.25) is 0 Å². The number of benzene rings is 1. The van der Waals surface area contributed by atoms with Crippen molar-refractivity contribution in [2.24, 2.45) is 5.92 Å². The van der Waals surface area contributed by atoms with E-state index in [9.17, 15) is 4.79 Å². The number of thiocarbonyl (C=S) groups is 1. The summed E-state index contributed by atoms with van der Waals surface area (Å²) in [5, 5.41) is 5.04. The van der Waals surface area contributed by atoms with Crippen LogP contribution in [0.3, 0.4) is 0 Å². The Labute approximate surface area is 185 Å². The second kappa shape index (κ2) is 11.9. The fourth-order valence-corrected chi connectivity index (χ4v) is 3.60. The van der Waals surface area contributed by atoms with Crippen LogP contribution < -0.4 is 15.6 Å². The molecule has 30 heavy (non-hydrogen) atoms. The number of hydrogen-bond donors (Lipinski definition) is 2. The molecule has 2 aromatic rings. The molecule has 1 heterocycles. The summed E-state index contributed by atoms with van der Waals surface area (Å²) < 4.78 is 5.26. The van der Waals surface area contributed by atoms with E-state index in [0.717, 1.165) is 55.8 Å². The highest BCUT2D eigenvalue weighted by molar-refractivity contribution is 7.80. The van der Waals surface area contributed by atoms with Gasteiger partial charge in [-0.15, -0.1) is 0 Å². The molecule has 6 nitrogen and oxygen atoms in total. The van der Waals surface area contributed by atoms with E-state index in [-0.39, 0.29) is 5.56 Å². The molecular formula is C23H36N4O2S. The van der Waals surface area contributed by atoms with E-state index in [2.05, 4.69) is 47.8 Å². The lowest BCUT2D eigenvalue weighted by molar-refractivity contribution is 0.279. The van der Waals surface area contributed by atoms with Gasteiger partial charge >= 0.3 is 0 Å². The number of nitrogens with zero attached hydrogens (tertiary/aromatic N) is 2. The number of rotatable bonds is 11. The maximum Gasteiger partial charge on any atom is 0.253 e. The summed E-state index contributed by atoms with van der Waals surface area (Å²) in [5.41, 5.74) is 1.40. The Morgan fingerprint density at radius 3 is 2.57 bits per heavy atom.